The topological polar surface area (TPSA) is 35.5 Å². The van der Waals surface area contributed by atoms with Crippen LogP contribution in [0.3, 0.4) is 0 Å². The van der Waals surface area contributed by atoms with Gasteiger partial charge in [-0.2, -0.15) is 0 Å². The molecule has 0 saturated heterocycles. The van der Waals surface area contributed by atoms with Gasteiger partial charge in [0.15, 0.2) is 5.78 Å². The van der Waals surface area contributed by atoms with Crippen molar-refractivity contribution in [2.45, 2.75) is 39.5 Å². The van der Waals surface area contributed by atoms with Crippen molar-refractivity contribution in [2.75, 3.05) is 13.2 Å². The lowest BCUT2D eigenvalue weighted by molar-refractivity contribution is 0.104. The molecule has 0 aliphatic carbocycles. The van der Waals surface area contributed by atoms with E-state index in [1.807, 2.05) is 60.7 Å². The summed E-state index contributed by atoms with van der Waals surface area (Å²) in [6, 6.07) is 23.7. The van der Waals surface area contributed by atoms with Gasteiger partial charge in [-0.05, 0) is 60.9 Å². The van der Waals surface area contributed by atoms with Crippen molar-refractivity contribution in [2.24, 2.45) is 0 Å². The molecule has 4 heteroatoms. The highest BCUT2D eigenvalue weighted by molar-refractivity contribution is 7.22. The Morgan fingerprint density at radius 1 is 0.788 bits per heavy atom. The van der Waals surface area contributed by atoms with Crippen LogP contribution < -0.4 is 9.47 Å². The molecule has 0 N–H and O–H groups in total. The summed E-state index contributed by atoms with van der Waals surface area (Å²) in [5, 5.41) is 0.965. The maximum absolute atomic E-state index is 13.7. The van der Waals surface area contributed by atoms with Gasteiger partial charge in [-0.25, -0.2) is 0 Å². The summed E-state index contributed by atoms with van der Waals surface area (Å²) < 4.78 is 12.7. The SMILES string of the molecule is CCCCCOc1ccc(C(=O)c2c(-c3ccccc3)sc3cc(OCCC)ccc23)cc1. The van der Waals surface area contributed by atoms with E-state index >= 15 is 0 Å². The van der Waals surface area contributed by atoms with Crippen LogP contribution in [0.25, 0.3) is 20.5 Å². The van der Waals surface area contributed by atoms with E-state index in [9.17, 15) is 4.79 Å². The molecule has 0 aliphatic heterocycles. The summed E-state index contributed by atoms with van der Waals surface area (Å²) >= 11 is 1.64. The Bertz CT molecular complexity index is 1190. The predicted molar refractivity (Wildman–Crippen MR) is 138 cm³/mol. The first kappa shape index (κ1) is 23.1. The molecule has 0 aliphatic rings. The van der Waals surface area contributed by atoms with Gasteiger partial charge in [-0.1, -0.05) is 57.0 Å². The molecular formula is C29H30O3S. The summed E-state index contributed by atoms with van der Waals surface area (Å²) in [4.78, 5) is 14.7. The Morgan fingerprint density at radius 2 is 1.52 bits per heavy atom. The first-order valence-corrected chi connectivity index (χ1v) is 12.5. The minimum absolute atomic E-state index is 0.0277. The van der Waals surface area contributed by atoms with E-state index in [0.717, 1.165) is 56.9 Å². The van der Waals surface area contributed by atoms with Gasteiger partial charge in [0.2, 0.25) is 0 Å². The molecule has 0 unspecified atom stereocenters. The second-order valence-electron chi connectivity index (χ2n) is 8.09. The normalized spacial score (nSPS) is 11.0. The standard InChI is InChI=1S/C29H30O3S/c1-3-5-9-19-32-23-14-12-21(13-15-23)28(30)27-25-17-16-24(31-18-4-2)20-26(25)33-29(27)22-10-7-6-8-11-22/h6-8,10-17,20H,3-5,9,18-19H2,1-2H3. The summed E-state index contributed by atoms with van der Waals surface area (Å²) in [5.41, 5.74) is 2.47. The lowest BCUT2D eigenvalue weighted by Crippen LogP contribution is -2.03. The van der Waals surface area contributed by atoms with Crippen LogP contribution in [-0.2, 0) is 0 Å². The molecular weight excluding hydrogens is 428 g/mol. The Balaban J connectivity index is 1.68. The Kier molecular flexibility index (Phi) is 7.79. The van der Waals surface area contributed by atoms with E-state index in [1.165, 1.54) is 6.42 Å². The molecule has 3 aromatic carbocycles. The van der Waals surface area contributed by atoms with Gasteiger partial charge in [0.05, 0.1) is 13.2 Å². The number of thiophene rings is 1. The number of hydrogen-bond donors (Lipinski definition) is 0. The van der Waals surface area contributed by atoms with Crippen molar-refractivity contribution >= 4 is 27.2 Å². The minimum atomic E-state index is 0.0277. The third-order valence-corrected chi connectivity index (χ3v) is 6.73. The molecule has 0 fully saturated rings. The molecule has 0 spiro atoms. The maximum atomic E-state index is 13.7. The number of ketones is 1. The molecule has 4 aromatic rings. The number of hydrogen-bond acceptors (Lipinski definition) is 4. The lowest BCUT2D eigenvalue weighted by Gasteiger charge is -2.08. The predicted octanol–water partition coefficient (Wildman–Crippen LogP) is 8.16. The molecule has 0 saturated carbocycles. The van der Waals surface area contributed by atoms with Crippen molar-refractivity contribution in [1.29, 1.82) is 0 Å². The van der Waals surface area contributed by atoms with E-state index in [-0.39, 0.29) is 5.78 Å². The highest BCUT2D eigenvalue weighted by Gasteiger charge is 2.22. The first-order valence-electron chi connectivity index (χ1n) is 11.7. The number of benzene rings is 3. The molecule has 170 valence electrons. The van der Waals surface area contributed by atoms with Crippen LogP contribution in [-0.4, -0.2) is 19.0 Å². The monoisotopic (exact) mass is 458 g/mol. The van der Waals surface area contributed by atoms with E-state index < -0.39 is 0 Å². The fourth-order valence-corrected chi connectivity index (χ4v) is 5.03. The van der Waals surface area contributed by atoms with Crippen LogP contribution in [0.4, 0.5) is 0 Å². The molecule has 1 heterocycles. The summed E-state index contributed by atoms with van der Waals surface area (Å²) in [6.07, 6.45) is 4.33. The van der Waals surface area contributed by atoms with Crippen LogP contribution in [0.2, 0.25) is 0 Å². The average Bonchev–Trinajstić information content (AvgIpc) is 3.24. The highest BCUT2D eigenvalue weighted by Crippen LogP contribution is 2.41. The smallest absolute Gasteiger partial charge is 0.195 e. The van der Waals surface area contributed by atoms with Crippen LogP contribution in [0, 0.1) is 0 Å². The van der Waals surface area contributed by atoms with Gasteiger partial charge in [0.1, 0.15) is 11.5 Å². The molecule has 3 nitrogen and oxygen atoms in total. The Morgan fingerprint density at radius 3 is 2.24 bits per heavy atom. The lowest BCUT2D eigenvalue weighted by atomic mass is 9.97. The second-order valence-corrected chi connectivity index (χ2v) is 9.14. The average molecular weight is 459 g/mol. The summed E-state index contributed by atoms with van der Waals surface area (Å²) in [5.74, 6) is 1.67. The number of rotatable bonds is 11. The number of carbonyl (C=O) groups excluding carboxylic acids is 1. The van der Waals surface area contributed by atoms with E-state index in [1.54, 1.807) is 11.3 Å². The van der Waals surface area contributed by atoms with Crippen molar-refractivity contribution in [3.63, 3.8) is 0 Å². The zero-order chi connectivity index (χ0) is 23.0. The summed E-state index contributed by atoms with van der Waals surface area (Å²) in [6.45, 7) is 5.66. The quantitative estimate of drug-likeness (QED) is 0.168. The van der Waals surface area contributed by atoms with Crippen LogP contribution in [0.5, 0.6) is 11.5 Å². The van der Waals surface area contributed by atoms with Crippen molar-refractivity contribution < 1.29 is 14.3 Å². The van der Waals surface area contributed by atoms with Gasteiger partial charge in [0.25, 0.3) is 0 Å². The highest BCUT2D eigenvalue weighted by atomic mass is 32.1. The van der Waals surface area contributed by atoms with Crippen molar-refractivity contribution in [1.82, 2.24) is 0 Å². The van der Waals surface area contributed by atoms with Crippen LogP contribution >= 0.6 is 11.3 Å². The molecule has 0 radical (unpaired) electrons. The molecule has 33 heavy (non-hydrogen) atoms. The largest absolute Gasteiger partial charge is 0.494 e. The fourth-order valence-electron chi connectivity index (χ4n) is 3.79. The molecule has 1 aromatic heterocycles. The zero-order valence-corrected chi connectivity index (χ0v) is 20.1. The van der Waals surface area contributed by atoms with Crippen LogP contribution in [0.15, 0.2) is 72.8 Å². The van der Waals surface area contributed by atoms with E-state index in [0.29, 0.717) is 18.8 Å². The van der Waals surface area contributed by atoms with E-state index in [4.69, 9.17) is 9.47 Å². The van der Waals surface area contributed by atoms with Gasteiger partial charge in [0, 0.05) is 26.1 Å². The van der Waals surface area contributed by atoms with Crippen molar-refractivity contribution in [3.05, 3.63) is 83.9 Å². The Labute approximate surface area is 200 Å². The molecule has 0 atom stereocenters. The Hall–Kier alpha value is -3.11. The van der Waals surface area contributed by atoms with Gasteiger partial charge < -0.3 is 9.47 Å². The molecule has 0 bridgehead atoms. The van der Waals surface area contributed by atoms with E-state index in [2.05, 4.69) is 26.0 Å². The number of carbonyl (C=O) groups is 1. The minimum Gasteiger partial charge on any atom is -0.494 e. The third-order valence-electron chi connectivity index (χ3n) is 5.53. The number of fused-ring (bicyclic) bond motifs is 1. The molecule has 4 rings (SSSR count). The fraction of sp³-hybridized carbons (Fsp3) is 0.276. The summed E-state index contributed by atoms with van der Waals surface area (Å²) in [7, 11) is 0. The number of unbranched alkanes of at least 4 members (excludes halogenated alkanes) is 2. The van der Waals surface area contributed by atoms with Gasteiger partial charge in [-0.3, -0.25) is 4.79 Å². The second kappa shape index (κ2) is 11.2. The van der Waals surface area contributed by atoms with Crippen molar-refractivity contribution in [3.8, 4) is 21.9 Å². The maximum Gasteiger partial charge on any atom is 0.195 e. The van der Waals surface area contributed by atoms with Gasteiger partial charge in [-0.15, -0.1) is 11.3 Å². The third kappa shape index (κ3) is 5.45. The van der Waals surface area contributed by atoms with Crippen LogP contribution in [0.1, 0.15) is 55.5 Å². The zero-order valence-electron chi connectivity index (χ0n) is 19.3. The number of ether oxygens (including phenoxy) is 2. The first-order chi connectivity index (χ1) is 16.2. The molecule has 0 amide bonds. The van der Waals surface area contributed by atoms with Gasteiger partial charge >= 0.3 is 0 Å².